The van der Waals surface area contributed by atoms with Gasteiger partial charge in [-0.05, 0) is 164 Å². The quantitative estimate of drug-likeness (QED) is 0.0484. The van der Waals surface area contributed by atoms with E-state index >= 15 is 0 Å². The molecule has 0 saturated heterocycles. The molecule has 0 fully saturated rings. The van der Waals surface area contributed by atoms with Crippen LogP contribution in [-0.2, 0) is 97.4 Å². The summed E-state index contributed by atoms with van der Waals surface area (Å²) in [6.07, 6.45) is 10.3. The van der Waals surface area contributed by atoms with E-state index in [1.165, 1.54) is 36.4 Å². The van der Waals surface area contributed by atoms with Crippen molar-refractivity contribution in [2.75, 3.05) is 19.8 Å². The Kier molecular flexibility index (Phi) is 32.4. The van der Waals surface area contributed by atoms with Crippen molar-refractivity contribution in [3.63, 3.8) is 0 Å². The number of aliphatic hydroxyl groups is 1. The third-order valence-electron chi connectivity index (χ3n) is 18.9. The van der Waals surface area contributed by atoms with E-state index < -0.39 is 16.6 Å². The first-order chi connectivity index (χ1) is 48.9. The van der Waals surface area contributed by atoms with Gasteiger partial charge in [-0.25, -0.2) is 27.2 Å². The van der Waals surface area contributed by atoms with Crippen molar-refractivity contribution in [1.29, 1.82) is 0 Å². The van der Waals surface area contributed by atoms with Crippen molar-refractivity contribution in [3.05, 3.63) is 231 Å². The highest BCUT2D eigenvalue weighted by Crippen LogP contribution is 2.38. The Bertz CT molecular complexity index is 4270. The van der Waals surface area contributed by atoms with Gasteiger partial charge in [0.25, 0.3) is 0 Å². The van der Waals surface area contributed by atoms with E-state index in [0.29, 0.717) is 81.6 Å². The average Bonchev–Trinajstić information content (AvgIpc) is 1.67. The van der Waals surface area contributed by atoms with E-state index in [4.69, 9.17) is 29.9 Å². The predicted molar refractivity (Wildman–Crippen MR) is 427 cm³/mol. The molecule has 3 aromatic carbocycles. The van der Waals surface area contributed by atoms with Gasteiger partial charge < -0.3 is 19.7 Å². The van der Waals surface area contributed by atoms with Crippen LogP contribution in [0.4, 0.5) is 13.2 Å². The maximum Gasteiger partial charge on any atom is 0.191 e. The van der Waals surface area contributed by atoms with Crippen LogP contribution in [0, 0.1) is 17.5 Å². The second kappa shape index (κ2) is 38.8. The molecule has 0 unspecified atom stereocenters. The van der Waals surface area contributed by atoms with Gasteiger partial charge >= 0.3 is 0 Å². The number of ketones is 3. The number of hydrogen-bond acceptors (Lipinski definition) is 13. The van der Waals surface area contributed by atoms with E-state index in [0.717, 1.165) is 87.4 Å². The number of rotatable bonds is 26. The summed E-state index contributed by atoms with van der Waals surface area (Å²) in [6, 6.07) is 36.8. The minimum atomic E-state index is -1.76. The lowest BCUT2D eigenvalue weighted by atomic mass is 9.92. The lowest BCUT2D eigenvalue weighted by molar-refractivity contribution is -0.119. The van der Waals surface area contributed by atoms with Crippen molar-refractivity contribution >= 4 is 46.4 Å². The van der Waals surface area contributed by atoms with E-state index in [-0.39, 0.29) is 80.1 Å². The Hall–Kier alpha value is -7.90. The van der Waals surface area contributed by atoms with Crippen molar-refractivity contribution in [3.8, 4) is 17.1 Å². The zero-order chi connectivity index (χ0) is 77.9. The Morgan fingerprint density at radius 3 is 1.03 bits per heavy atom. The lowest BCUT2D eigenvalue weighted by Crippen LogP contribution is -2.41. The van der Waals surface area contributed by atoms with Gasteiger partial charge in [-0.1, -0.05) is 140 Å². The molecule has 0 spiro atoms. The molecule has 6 heterocycles. The summed E-state index contributed by atoms with van der Waals surface area (Å²) in [5.74, 6) is -0.491. The van der Waals surface area contributed by atoms with Crippen LogP contribution in [-0.4, -0.2) is 103 Å². The molecular weight excluding hydrogens is 1390 g/mol. The molecule has 574 valence electrons. The third-order valence-corrected chi connectivity index (χ3v) is 28.0. The van der Waals surface area contributed by atoms with Gasteiger partial charge in [0.15, 0.2) is 16.6 Å². The summed E-state index contributed by atoms with van der Waals surface area (Å²) in [4.78, 5) is 49.6. The third kappa shape index (κ3) is 27.7. The van der Waals surface area contributed by atoms with Crippen molar-refractivity contribution in [2.24, 2.45) is 5.73 Å². The van der Waals surface area contributed by atoms with Gasteiger partial charge in [0.2, 0.25) is 0 Å². The number of hydrogen-bond donors (Lipinski definition) is 2. The van der Waals surface area contributed by atoms with Crippen molar-refractivity contribution in [2.45, 2.75) is 234 Å². The van der Waals surface area contributed by atoms with Gasteiger partial charge in [0.1, 0.15) is 34.8 Å². The molecule has 3 N–H and O–H groups in total. The standard InChI is InChI=1S/C30H42FN3O2Si.C24H28FN3O2.C16H27NO2Si.C14H18FN3.ClH/c1-29(2,3)28-20-26(34(33-28)25-11-9-10-23(31)19-25)14-15-27(35)18-22-12-13-24(32-21-22)16-17-36-37(7,8)30(4,5)6;1-24(2,3)23-15-21(28(27-23)20-6-4-5-18(25)14-20)9-10-22(30)13-17-7-8-19(11-12-29)26-16-17;1-13(18)11-14-7-8-15(17-12-14)9-10-19-20(5,6)16(2,3)4;1-14(2,3)13-8-12(9-16)18(17-13)11-6-4-5-10(15)7-11;/h9-13,19-21H,14-18H2,1-8H3;4-8,14-16,29H,9-13H2,1-3H3;7-8,12H,9-11H2,1-6H3;4-8H,9,16H2,1-3H3;1H. The number of carbonyl (C=O) groups excluding carboxylic acids is 3. The number of Topliss-reactive ketones (excluding diaryl/α,β-unsaturated/α-hetero) is 3. The van der Waals surface area contributed by atoms with Gasteiger partial charge in [-0.15, -0.1) is 12.4 Å². The summed E-state index contributed by atoms with van der Waals surface area (Å²) in [5, 5.41) is 23.4. The molecule has 0 amide bonds. The van der Waals surface area contributed by atoms with Gasteiger partial charge in [-0.3, -0.25) is 29.3 Å². The molecule has 0 bridgehead atoms. The largest absolute Gasteiger partial charge is 0.416 e. The summed E-state index contributed by atoms with van der Waals surface area (Å²) in [5.41, 5.74) is 18.4. The van der Waals surface area contributed by atoms with E-state index in [9.17, 15) is 27.6 Å². The number of pyridine rings is 3. The first kappa shape index (κ1) is 88.7. The fraction of sp³-hybridized carbons (Fsp3) is 0.464. The van der Waals surface area contributed by atoms with E-state index in [2.05, 4.69) is 150 Å². The Morgan fingerprint density at radius 1 is 0.443 bits per heavy atom. The zero-order valence-electron chi connectivity index (χ0n) is 66.4. The fourth-order valence-corrected chi connectivity index (χ4v) is 12.4. The van der Waals surface area contributed by atoms with Crippen molar-refractivity contribution < 1.29 is 41.5 Å². The Balaban J connectivity index is 0.000000263. The SMILES string of the molecule is CC(=O)Cc1ccc(CCO[Si](C)(C)C(C)(C)C)nc1.CC(C)(C)c1cc(CCC(=O)Cc2ccc(CCO)nc2)n(-c2cccc(F)c2)n1.CC(C)(C)c1cc(CCC(=O)Cc2ccc(CCO[Si](C)(C)C(C)(C)C)nc2)n(-c2cccc(F)c2)n1.CC(C)(C)c1cc(CN)n(-c2cccc(F)c2)n1.Cl. The van der Waals surface area contributed by atoms with Gasteiger partial charge in [-0.2, -0.15) is 15.3 Å². The molecule has 9 rings (SSSR count). The van der Waals surface area contributed by atoms with Crippen LogP contribution in [0.3, 0.4) is 0 Å². The normalized spacial score (nSPS) is 12.1. The number of nitrogens with two attached hydrogens (primary N) is 1. The van der Waals surface area contributed by atoms with Gasteiger partial charge in [0, 0.05) is 141 Å². The number of aromatic nitrogens is 9. The molecule has 16 nitrogen and oxygen atoms in total. The lowest BCUT2D eigenvalue weighted by Gasteiger charge is -2.36. The number of aryl methyl sites for hydroxylation is 2. The molecule has 0 aliphatic heterocycles. The van der Waals surface area contributed by atoms with E-state index in [1.54, 1.807) is 57.8 Å². The number of benzene rings is 3. The summed E-state index contributed by atoms with van der Waals surface area (Å²) >= 11 is 0. The summed E-state index contributed by atoms with van der Waals surface area (Å²) < 4.78 is 58.5. The topological polar surface area (TPSA) is 208 Å². The molecule has 0 atom stereocenters. The van der Waals surface area contributed by atoms with E-state index in [1.807, 2.05) is 72.8 Å². The Labute approximate surface area is 636 Å². The smallest absolute Gasteiger partial charge is 0.191 e. The Morgan fingerprint density at radius 2 is 0.755 bits per heavy atom. The number of carbonyl (C=O) groups is 3. The monoisotopic (exact) mass is 1510 g/mol. The molecule has 9 aromatic rings. The van der Waals surface area contributed by atoms with Crippen LogP contribution < -0.4 is 5.73 Å². The molecule has 106 heavy (non-hydrogen) atoms. The van der Waals surface area contributed by atoms with Crippen LogP contribution in [0.2, 0.25) is 36.3 Å². The number of halogens is 4. The van der Waals surface area contributed by atoms with Gasteiger partial charge in [0.05, 0.1) is 39.8 Å². The highest BCUT2D eigenvalue weighted by Gasteiger charge is 2.38. The molecule has 22 heteroatoms. The number of aliphatic hydroxyl groups excluding tert-OH is 1. The molecule has 0 saturated carbocycles. The predicted octanol–water partition coefficient (Wildman–Crippen LogP) is 18.0. The maximum atomic E-state index is 13.9. The molecule has 0 aliphatic rings. The average molecular weight is 1510 g/mol. The maximum absolute atomic E-state index is 13.9. The molecular formula is C84H116ClF3N10O6Si2. The highest BCUT2D eigenvalue weighted by atomic mass is 35.5. The van der Waals surface area contributed by atoms with Crippen LogP contribution in [0.1, 0.15) is 192 Å². The summed E-state index contributed by atoms with van der Waals surface area (Å²) in [7, 11) is -3.43. The first-order valence-corrected chi connectivity index (χ1v) is 42.3. The minimum Gasteiger partial charge on any atom is -0.416 e. The van der Waals surface area contributed by atoms with Crippen molar-refractivity contribution in [1.82, 2.24) is 44.3 Å². The van der Waals surface area contributed by atoms with Crippen LogP contribution in [0.25, 0.3) is 17.1 Å². The van der Waals surface area contributed by atoms with Crippen LogP contribution in [0.15, 0.2) is 146 Å². The second-order valence-corrected chi connectivity index (χ2v) is 42.8. The first-order valence-electron chi connectivity index (χ1n) is 36.4. The minimum absolute atomic E-state index is 0. The highest BCUT2D eigenvalue weighted by molar-refractivity contribution is 6.74. The fourth-order valence-electron chi connectivity index (χ4n) is 10.3. The molecule has 0 aliphatic carbocycles. The zero-order valence-corrected chi connectivity index (χ0v) is 69.2. The molecule has 0 radical (unpaired) electrons. The number of nitrogens with zero attached hydrogens (tertiary/aromatic N) is 9. The van der Waals surface area contributed by atoms with Crippen LogP contribution >= 0.6 is 12.4 Å². The summed E-state index contributed by atoms with van der Waals surface area (Å²) in [6.45, 7) is 44.7. The van der Waals surface area contributed by atoms with Crippen LogP contribution in [0.5, 0.6) is 0 Å². The molecule has 6 aromatic heterocycles. The second-order valence-electron chi connectivity index (χ2n) is 33.2.